The van der Waals surface area contributed by atoms with Gasteiger partial charge < -0.3 is 9.84 Å². The maximum absolute atomic E-state index is 9.44. The van der Waals surface area contributed by atoms with Gasteiger partial charge in [0.2, 0.25) is 0 Å². The summed E-state index contributed by atoms with van der Waals surface area (Å²) in [6.07, 6.45) is 4.05. The molecule has 1 N–H and O–H groups in total. The SMILES string of the molecule is COc1ccc(C=Cc2ccc3cc(-c4ccc(O)cc4)ccc3n2)cc1. The number of ether oxygens (including phenoxy) is 1. The van der Waals surface area contributed by atoms with Gasteiger partial charge in [0.25, 0.3) is 0 Å². The van der Waals surface area contributed by atoms with Crippen molar-refractivity contribution in [2.24, 2.45) is 0 Å². The van der Waals surface area contributed by atoms with Crippen LogP contribution in [0.4, 0.5) is 0 Å². The van der Waals surface area contributed by atoms with E-state index < -0.39 is 0 Å². The van der Waals surface area contributed by atoms with Crippen LogP contribution in [0.5, 0.6) is 11.5 Å². The summed E-state index contributed by atoms with van der Waals surface area (Å²) in [7, 11) is 1.66. The molecule has 0 bridgehead atoms. The predicted octanol–water partition coefficient (Wildman–Crippen LogP) is 5.79. The van der Waals surface area contributed by atoms with Crippen LogP contribution in [0.3, 0.4) is 0 Å². The minimum absolute atomic E-state index is 0.273. The molecule has 0 fully saturated rings. The van der Waals surface area contributed by atoms with Gasteiger partial charge in [0, 0.05) is 5.39 Å². The highest BCUT2D eigenvalue weighted by Crippen LogP contribution is 2.25. The Morgan fingerprint density at radius 1 is 0.778 bits per heavy atom. The van der Waals surface area contributed by atoms with Gasteiger partial charge in [-0.15, -0.1) is 0 Å². The molecule has 0 spiro atoms. The summed E-state index contributed by atoms with van der Waals surface area (Å²) in [5, 5.41) is 10.5. The summed E-state index contributed by atoms with van der Waals surface area (Å²) in [5.74, 6) is 1.12. The van der Waals surface area contributed by atoms with E-state index in [1.165, 1.54) is 0 Å². The molecule has 3 nitrogen and oxygen atoms in total. The number of phenols is 1. The summed E-state index contributed by atoms with van der Waals surface area (Å²) in [6.45, 7) is 0. The Balaban J connectivity index is 1.59. The fourth-order valence-electron chi connectivity index (χ4n) is 2.96. The number of aromatic hydroxyl groups is 1. The number of pyridine rings is 1. The summed E-state index contributed by atoms with van der Waals surface area (Å²) >= 11 is 0. The van der Waals surface area contributed by atoms with Gasteiger partial charge in [-0.05, 0) is 65.2 Å². The van der Waals surface area contributed by atoms with E-state index in [2.05, 4.69) is 18.2 Å². The van der Waals surface area contributed by atoms with E-state index in [4.69, 9.17) is 9.72 Å². The molecule has 0 radical (unpaired) electrons. The van der Waals surface area contributed by atoms with Crippen LogP contribution in [0.25, 0.3) is 34.2 Å². The van der Waals surface area contributed by atoms with E-state index in [-0.39, 0.29) is 5.75 Å². The molecule has 4 rings (SSSR count). The van der Waals surface area contributed by atoms with E-state index >= 15 is 0 Å². The molecule has 132 valence electrons. The van der Waals surface area contributed by atoms with Crippen molar-refractivity contribution in [3.8, 4) is 22.6 Å². The number of aromatic nitrogens is 1. The van der Waals surface area contributed by atoms with Crippen molar-refractivity contribution in [3.63, 3.8) is 0 Å². The van der Waals surface area contributed by atoms with E-state index in [1.54, 1.807) is 19.2 Å². The highest BCUT2D eigenvalue weighted by Gasteiger charge is 2.02. The van der Waals surface area contributed by atoms with E-state index in [0.717, 1.165) is 39.0 Å². The van der Waals surface area contributed by atoms with Crippen LogP contribution in [0.2, 0.25) is 0 Å². The predicted molar refractivity (Wildman–Crippen MR) is 111 cm³/mol. The topological polar surface area (TPSA) is 42.4 Å². The molecule has 1 aromatic heterocycles. The van der Waals surface area contributed by atoms with Gasteiger partial charge >= 0.3 is 0 Å². The smallest absolute Gasteiger partial charge is 0.118 e. The van der Waals surface area contributed by atoms with Crippen molar-refractivity contribution in [1.29, 1.82) is 0 Å². The lowest BCUT2D eigenvalue weighted by Crippen LogP contribution is -1.85. The van der Waals surface area contributed by atoms with Gasteiger partial charge in [-0.2, -0.15) is 0 Å². The summed E-state index contributed by atoms with van der Waals surface area (Å²) in [4.78, 5) is 4.72. The van der Waals surface area contributed by atoms with Gasteiger partial charge in [-0.1, -0.05) is 42.5 Å². The average molecular weight is 353 g/mol. The zero-order valence-electron chi connectivity index (χ0n) is 15.0. The molecule has 0 aliphatic heterocycles. The molecule has 0 aliphatic carbocycles. The lowest BCUT2D eigenvalue weighted by Gasteiger charge is -2.05. The maximum Gasteiger partial charge on any atom is 0.118 e. The molecule has 4 aromatic rings. The monoisotopic (exact) mass is 353 g/mol. The van der Waals surface area contributed by atoms with Crippen molar-refractivity contribution >= 4 is 23.1 Å². The zero-order valence-corrected chi connectivity index (χ0v) is 15.0. The highest BCUT2D eigenvalue weighted by atomic mass is 16.5. The minimum atomic E-state index is 0.273. The van der Waals surface area contributed by atoms with E-state index in [0.29, 0.717) is 0 Å². The van der Waals surface area contributed by atoms with Gasteiger partial charge in [0.15, 0.2) is 0 Å². The van der Waals surface area contributed by atoms with Crippen molar-refractivity contribution < 1.29 is 9.84 Å². The normalized spacial score (nSPS) is 11.1. The standard InChI is InChI=1S/C24H19NO2/c1-27-23-13-3-17(4-14-23)2-9-21-10-5-20-16-19(8-15-24(20)25-21)18-6-11-22(26)12-7-18/h2-16,26H,1H3. The van der Waals surface area contributed by atoms with Crippen LogP contribution in [0.1, 0.15) is 11.3 Å². The molecule has 0 unspecified atom stereocenters. The quantitative estimate of drug-likeness (QED) is 0.505. The summed E-state index contributed by atoms with van der Waals surface area (Å²) in [5.41, 5.74) is 5.13. The number of fused-ring (bicyclic) bond motifs is 1. The molecule has 1 heterocycles. The molecule has 3 heteroatoms. The number of benzene rings is 3. The Morgan fingerprint density at radius 2 is 1.52 bits per heavy atom. The van der Waals surface area contributed by atoms with Crippen LogP contribution < -0.4 is 4.74 Å². The third-order valence-corrected chi connectivity index (χ3v) is 4.47. The van der Waals surface area contributed by atoms with Crippen LogP contribution in [-0.4, -0.2) is 17.2 Å². The molecule has 27 heavy (non-hydrogen) atoms. The first kappa shape index (κ1) is 16.9. The first-order chi connectivity index (χ1) is 13.2. The van der Waals surface area contributed by atoms with Crippen LogP contribution in [0, 0.1) is 0 Å². The first-order valence-electron chi connectivity index (χ1n) is 8.74. The zero-order chi connectivity index (χ0) is 18.6. The van der Waals surface area contributed by atoms with Gasteiger partial charge in [-0.25, -0.2) is 4.98 Å². The minimum Gasteiger partial charge on any atom is -0.508 e. The first-order valence-corrected chi connectivity index (χ1v) is 8.74. The Bertz CT molecular complexity index is 1100. The number of methoxy groups -OCH3 is 1. The Kier molecular flexibility index (Phi) is 4.58. The van der Waals surface area contributed by atoms with E-state index in [9.17, 15) is 5.11 Å². The van der Waals surface area contributed by atoms with Crippen molar-refractivity contribution in [3.05, 3.63) is 90.1 Å². The molecule has 0 aliphatic rings. The van der Waals surface area contributed by atoms with Crippen molar-refractivity contribution in [2.45, 2.75) is 0 Å². The summed E-state index contributed by atoms with van der Waals surface area (Å²) in [6, 6.07) is 25.4. The Hall–Kier alpha value is -3.59. The highest BCUT2D eigenvalue weighted by molar-refractivity contribution is 5.86. The number of nitrogens with zero attached hydrogens (tertiary/aromatic N) is 1. The molecular weight excluding hydrogens is 334 g/mol. The van der Waals surface area contributed by atoms with Gasteiger partial charge in [-0.3, -0.25) is 0 Å². The second-order valence-electron chi connectivity index (χ2n) is 6.30. The second kappa shape index (κ2) is 7.34. The Morgan fingerprint density at radius 3 is 2.26 bits per heavy atom. The van der Waals surface area contributed by atoms with Crippen LogP contribution in [-0.2, 0) is 0 Å². The number of hydrogen-bond donors (Lipinski definition) is 1. The molecule has 0 amide bonds. The van der Waals surface area contributed by atoms with Crippen molar-refractivity contribution in [2.75, 3.05) is 7.11 Å². The molecular formula is C24H19NO2. The third kappa shape index (κ3) is 3.82. The lowest BCUT2D eigenvalue weighted by molar-refractivity contribution is 0.415. The molecule has 0 saturated carbocycles. The summed E-state index contributed by atoms with van der Waals surface area (Å²) < 4.78 is 5.18. The van der Waals surface area contributed by atoms with Crippen LogP contribution >= 0.6 is 0 Å². The average Bonchev–Trinajstić information content (AvgIpc) is 2.72. The van der Waals surface area contributed by atoms with Gasteiger partial charge in [0.05, 0.1) is 18.3 Å². The van der Waals surface area contributed by atoms with Crippen molar-refractivity contribution in [1.82, 2.24) is 4.98 Å². The molecule has 3 aromatic carbocycles. The third-order valence-electron chi connectivity index (χ3n) is 4.47. The second-order valence-corrected chi connectivity index (χ2v) is 6.30. The van der Waals surface area contributed by atoms with Gasteiger partial charge in [0.1, 0.15) is 11.5 Å². The molecule has 0 atom stereocenters. The van der Waals surface area contributed by atoms with E-state index in [1.807, 2.05) is 60.7 Å². The fraction of sp³-hybridized carbons (Fsp3) is 0.0417. The molecule has 0 saturated heterocycles. The number of rotatable bonds is 4. The Labute approximate surface area is 158 Å². The maximum atomic E-state index is 9.44. The van der Waals surface area contributed by atoms with Crippen LogP contribution in [0.15, 0.2) is 78.9 Å². The lowest BCUT2D eigenvalue weighted by atomic mass is 10.0. The number of phenolic OH excluding ortho intramolecular Hbond substituents is 1. The largest absolute Gasteiger partial charge is 0.508 e. The number of hydrogen-bond acceptors (Lipinski definition) is 3. The fourth-order valence-corrected chi connectivity index (χ4v) is 2.96.